The number of carboxylic acids is 1. The van der Waals surface area contributed by atoms with Crippen LogP contribution in [0.2, 0.25) is 0 Å². The quantitative estimate of drug-likeness (QED) is 0.576. The summed E-state index contributed by atoms with van der Waals surface area (Å²) in [7, 11) is 0. The number of rotatable bonds is 3. The molecule has 0 bridgehead atoms. The molecule has 1 unspecified atom stereocenters. The Bertz CT molecular complexity index is 149. The first kappa shape index (κ1) is 9.17. The molecule has 0 aliphatic rings. The van der Waals surface area contributed by atoms with E-state index in [0.29, 0.717) is 5.57 Å². The molecule has 0 aliphatic carbocycles. The topological polar surface area (TPSA) is 57.5 Å². The minimum atomic E-state index is -0.978. The lowest BCUT2D eigenvalue weighted by Gasteiger charge is -2.06. The molecule has 0 saturated carbocycles. The fraction of sp³-hybridized carbons (Fsp3) is 0.571. The van der Waals surface area contributed by atoms with Crippen molar-refractivity contribution in [3.63, 3.8) is 0 Å². The standard InChI is InChI=1S/C7H12O3/c1-3-5(2)6(8)4-7(9)10/h3,6,8H,4H2,1-2H3,(H,9,10)/b5-3+. The first-order chi connectivity index (χ1) is 4.57. The van der Waals surface area contributed by atoms with Gasteiger partial charge in [0.05, 0.1) is 12.5 Å². The van der Waals surface area contributed by atoms with E-state index in [1.807, 2.05) is 0 Å². The number of hydrogen-bond acceptors (Lipinski definition) is 2. The Labute approximate surface area is 60.0 Å². The minimum absolute atomic E-state index is 0.212. The van der Waals surface area contributed by atoms with Crippen LogP contribution in [0.1, 0.15) is 20.3 Å². The van der Waals surface area contributed by atoms with Crippen LogP contribution in [-0.2, 0) is 4.79 Å². The lowest BCUT2D eigenvalue weighted by molar-refractivity contribution is -0.138. The zero-order valence-electron chi connectivity index (χ0n) is 6.16. The number of aliphatic hydroxyl groups excluding tert-OH is 1. The van der Waals surface area contributed by atoms with Crippen LogP contribution >= 0.6 is 0 Å². The van der Waals surface area contributed by atoms with Crippen LogP contribution < -0.4 is 0 Å². The molecule has 3 heteroatoms. The van der Waals surface area contributed by atoms with E-state index in [1.165, 1.54) is 0 Å². The molecule has 0 heterocycles. The van der Waals surface area contributed by atoms with E-state index >= 15 is 0 Å². The summed E-state index contributed by atoms with van der Waals surface area (Å²) in [5, 5.41) is 17.3. The number of carbonyl (C=O) groups is 1. The van der Waals surface area contributed by atoms with Crippen molar-refractivity contribution in [2.45, 2.75) is 26.4 Å². The lowest BCUT2D eigenvalue weighted by atomic mass is 10.1. The molecule has 0 spiro atoms. The number of carboxylic acid groups (broad SMARTS) is 1. The monoisotopic (exact) mass is 144 g/mol. The maximum absolute atomic E-state index is 10.0. The zero-order valence-corrected chi connectivity index (χ0v) is 6.16. The summed E-state index contributed by atoms with van der Waals surface area (Å²) in [6.45, 7) is 3.47. The lowest BCUT2D eigenvalue weighted by Crippen LogP contribution is -2.13. The molecule has 0 saturated heterocycles. The Morgan fingerprint density at radius 3 is 2.50 bits per heavy atom. The SMILES string of the molecule is C/C=C(\C)C(O)CC(=O)O. The Morgan fingerprint density at radius 1 is 1.70 bits per heavy atom. The average molecular weight is 144 g/mol. The van der Waals surface area contributed by atoms with Crippen LogP contribution in [-0.4, -0.2) is 22.3 Å². The van der Waals surface area contributed by atoms with Gasteiger partial charge >= 0.3 is 5.97 Å². The third-order valence-corrected chi connectivity index (χ3v) is 1.35. The highest BCUT2D eigenvalue weighted by molar-refractivity contribution is 5.67. The summed E-state index contributed by atoms with van der Waals surface area (Å²) >= 11 is 0. The van der Waals surface area contributed by atoms with Gasteiger partial charge in [-0.15, -0.1) is 0 Å². The predicted molar refractivity (Wildman–Crippen MR) is 37.7 cm³/mol. The van der Waals surface area contributed by atoms with Crippen LogP contribution in [0, 0.1) is 0 Å². The molecule has 0 aromatic rings. The highest BCUT2D eigenvalue weighted by Gasteiger charge is 2.09. The van der Waals surface area contributed by atoms with Gasteiger partial charge in [0.2, 0.25) is 0 Å². The van der Waals surface area contributed by atoms with Gasteiger partial charge in [0.1, 0.15) is 0 Å². The first-order valence-corrected chi connectivity index (χ1v) is 3.10. The number of allylic oxidation sites excluding steroid dienone is 1. The maximum atomic E-state index is 10.0. The van der Waals surface area contributed by atoms with Crippen LogP contribution in [0.3, 0.4) is 0 Å². The van der Waals surface area contributed by atoms with Gasteiger partial charge in [-0.25, -0.2) is 0 Å². The summed E-state index contributed by atoms with van der Waals surface area (Å²) in [6, 6.07) is 0. The van der Waals surface area contributed by atoms with E-state index < -0.39 is 12.1 Å². The van der Waals surface area contributed by atoms with Crippen molar-refractivity contribution in [1.29, 1.82) is 0 Å². The molecule has 0 rings (SSSR count). The van der Waals surface area contributed by atoms with Crippen molar-refractivity contribution in [1.82, 2.24) is 0 Å². The van der Waals surface area contributed by atoms with Crippen LogP contribution in [0.25, 0.3) is 0 Å². The average Bonchev–Trinajstić information content (AvgIpc) is 1.85. The van der Waals surface area contributed by atoms with Crippen LogP contribution in [0.15, 0.2) is 11.6 Å². The molecule has 0 aliphatic heterocycles. The Balaban J connectivity index is 3.85. The van der Waals surface area contributed by atoms with Crippen molar-refractivity contribution in [3.05, 3.63) is 11.6 Å². The van der Waals surface area contributed by atoms with E-state index in [-0.39, 0.29) is 6.42 Å². The summed E-state index contributed by atoms with van der Waals surface area (Å²) in [5.41, 5.74) is 0.697. The van der Waals surface area contributed by atoms with E-state index in [9.17, 15) is 4.79 Å². The predicted octanol–water partition coefficient (Wildman–Crippen LogP) is 0.788. The van der Waals surface area contributed by atoms with E-state index in [1.54, 1.807) is 19.9 Å². The Kier molecular flexibility index (Phi) is 3.72. The van der Waals surface area contributed by atoms with Crippen molar-refractivity contribution in [3.8, 4) is 0 Å². The van der Waals surface area contributed by atoms with Gasteiger partial charge in [0.15, 0.2) is 0 Å². The number of hydrogen-bond donors (Lipinski definition) is 2. The van der Waals surface area contributed by atoms with Gasteiger partial charge in [-0.1, -0.05) is 6.08 Å². The molecule has 2 N–H and O–H groups in total. The third-order valence-electron chi connectivity index (χ3n) is 1.35. The largest absolute Gasteiger partial charge is 0.481 e. The van der Waals surface area contributed by atoms with Crippen molar-refractivity contribution < 1.29 is 15.0 Å². The molecule has 0 radical (unpaired) electrons. The summed E-state index contributed by atoms with van der Waals surface area (Å²) in [5.74, 6) is -0.978. The second kappa shape index (κ2) is 4.06. The molecule has 10 heavy (non-hydrogen) atoms. The third kappa shape index (κ3) is 3.25. The molecule has 3 nitrogen and oxygen atoms in total. The minimum Gasteiger partial charge on any atom is -0.481 e. The maximum Gasteiger partial charge on any atom is 0.306 e. The number of aliphatic hydroxyl groups is 1. The smallest absolute Gasteiger partial charge is 0.306 e. The molecule has 0 fully saturated rings. The van der Waals surface area contributed by atoms with Crippen LogP contribution in [0.4, 0.5) is 0 Å². The normalized spacial score (nSPS) is 14.9. The van der Waals surface area contributed by atoms with Gasteiger partial charge in [-0.3, -0.25) is 4.79 Å². The van der Waals surface area contributed by atoms with Gasteiger partial charge in [-0.05, 0) is 19.4 Å². The second-order valence-corrected chi connectivity index (χ2v) is 2.15. The zero-order chi connectivity index (χ0) is 8.15. The molecule has 0 aromatic carbocycles. The van der Waals surface area contributed by atoms with Gasteiger partial charge in [-0.2, -0.15) is 0 Å². The summed E-state index contributed by atoms with van der Waals surface area (Å²) in [4.78, 5) is 10.0. The molecule has 0 aromatic heterocycles. The Morgan fingerprint density at radius 2 is 2.20 bits per heavy atom. The summed E-state index contributed by atoms with van der Waals surface area (Å²) in [6.07, 6.45) is 0.659. The molecule has 58 valence electrons. The summed E-state index contributed by atoms with van der Waals surface area (Å²) < 4.78 is 0. The molecular formula is C7H12O3. The van der Waals surface area contributed by atoms with Gasteiger partial charge in [0, 0.05) is 0 Å². The fourth-order valence-corrected chi connectivity index (χ4v) is 0.519. The Hall–Kier alpha value is -0.830. The van der Waals surface area contributed by atoms with Gasteiger partial charge in [0.25, 0.3) is 0 Å². The highest BCUT2D eigenvalue weighted by atomic mass is 16.4. The van der Waals surface area contributed by atoms with E-state index in [4.69, 9.17) is 10.2 Å². The second-order valence-electron chi connectivity index (χ2n) is 2.15. The molecule has 0 amide bonds. The number of aliphatic carboxylic acids is 1. The van der Waals surface area contributed by atoms with E-state index in [2.05, 4.69) is 0 Å². The van der Waals surface area contributed by atoms with Crippen molar-refractivity contribution >= 4 is 5.97 Å². The first-order valence-electron chi connectivity index (χ1n) is 3.10. The van der Waals surface area contributed by atoms with E-state index in [0.717, 1.165) is 0 Å². The fourth-order valence-electron chi connectivity index (χ4n) is 0.519. The molecular weight excluding hydrogens is 132 g/mol. The van der Waals surface area contributed by atoms with Crippen LogP contribution in [0.5, 0.6) is 0 Å². The van der Waals surface area contributed by atoms with Gasteiger partial charge < -0.3 is 10.2 Å². The van der Waals surface area contributed by atoms with Crippen molar-refractivity contribution in [2.75, 3.05) is 0 Å². The highest BCUT2D eigenvalue weighted by Crippen LogP contribution is 2.04. The molecule has 1 atom stereocenters. The van der Waals surface area contributed by atoms with Crippen molar-refractivity contribution in [2.24, 2.45) is 0 Å².